The molecule has 32 heavy (non-hydrogen) atoms. The molecule has 0 bridgehead atoms. The Bertz CT molecular complexity index is 1300. The van der Waals surface area contributed by atoms with Crippen molar-refractivity contribution in [2.75, 3.05) is 11.6 Å². The molecule has 3 aromatic carbocycles. The molecule has 0 aliphatic carbocycles. The first-order chi connectivity index (χ1) is 15.6. The van der Waals surface area contributed by atoms with E-state index in [1.165, 1.54) is 0 Å². The van der Waals surface area contributed by atoms with Crippen LogP contribution in [0, 0.1) is 0 Å². The number of benzene rings is 3. The molecule has 1 unspecified atom stereocenters. The Morgan fingerprint density at radius 3 is 2.53 bits per heavy atom. The quantitative estimate of drug-likeness (QED) is 0.377. The molecular formula is C26H24N3OPS. The van der Waals surface area contributed by atoms with Crippen molar-refractivity contribution in [1.82, 2.24) is 9.97 Å². The van der Waals surface area contributed by atoms with E-state index >= 15 is 0 Å². The molecule has 0 fully saturated rings. The minimum absolute atomic E-state index is 0.118. The van der Waals surface area contributed by atoms with Gasteiger partial charge in [0, 0.05) is 10.5 Å². The summed E-state index contributed by atoms with van der Waals surface area (Å²) in [5, 5.41) is 6.37. The second kappa shape index (κ2) is 10.1. The van der Waals surface area contributed by atoms with E-state index in [1.807, 2.05) is 67.8 Å². The Balaban J connectivity index is 1.61. The maximum absolute atomic E-state index is 12.9. The number of carbonyl (C=O) groups excluding carboxylic acids is 1. The molecule has 0 spiro atoms. The molecule has 0 aliphatic rings. The standard InChI is InChI=1S/C26H24N3OPS/c1-3-23(32-2)25-26(27-16-22(28-25)19-10-12-21(31)13-11-19)29-24(30)15-17-8-9-18-6-4-5-7-20(18)14-17/h3-14,16H,15,31H2,1-2H3,(H,27,29,30)/b23-3-. The Morgan fingerprint density at radius 1 is 1.06 bits per heavy atom. The summed E-state index contributed by atoms with van der Waals surface area (Å²) < 4.78 is 0. The van der Waals surface area contributed by atoms with Crippen LogP contribution in [-0.4, -0.2) is 22.1 Å². The van der Waals surface area contributed by atoms with Crippen LogP contribution in [0.5, 0.6) is 0 Å². The van der Waals surface area contributed by atoms with Crippen molar-refractivity contribution in [3.05, 3.63) is 90.3 Å². The van der Waals surface area contributed by atoms with E-state index in [-0.39, 0.29) is 12.3 Å². The fourth-order valence-electron chi connectivity index (χ4n) is 3.51. The highest BCUT2D eigenvalue weighted by atomic mass is 32.2. The molecule has 4 aromatic rings. The monoisotopic (exact) mass is 457 g/mol. The van der Waals surface area contributed by atoms with Crippen LogP contribution < -0.4 is 10.6 Å². The molecule has 4 nitrogen and oxygen atoms in total. The number of anilines is 1. The number of hydrogen-bond acceptors (Lipinski definition) is 4. The van der Waals surface area contributed by atoms with Crippen LogP contribution in [0.25, 0.3) is 26.9 Å². The first kappa shape index (κ1) is 22.2. The van der Waals surface area contributed by atoms with Gasteiger partial charge in [-0.05, 0) is 34.8 Å². The lowest BCUT2D eigenvalue weighted by Crippen LogP contribution is -2.17. The predicted octanol–water partition coefficient (Wildman–Crippen LogP) is 5.70. The summed E-state index contributed by atoms with van der Waals surface area (Å²) in [6.07, 6.45) is 5.96. The number of rotatable bonds is 6. The highest BCUT2D eigenvalue weighted by molar-refractivity contribution is 8.07. The third-order valence-electron chi connectivity index (χ3n) is 5.13. The highest BCUT2D eigenvalue weighted by Gasteiger charge is 2.15. The average Bonchev–Trinajstić information content (AvgIpc) is 2.81. The Hall–Kier alpha value is -3.01. The molecule has 1 atom stereocenters. The van der Waals surface area contributed by atoms with E-state index in [1.54, 1.807) is 18.0 Å². The topological polar surface area (TPSA) is 54.9 Å². The van der Waals surface area contributed by atoms with Crippen LogP contribution in [0.15, 0.2) is 79.0 Å². The Morgan fingerprint density at radius 2 is 1.81 bits per heavy atom. The average molecular weight is 458 g/mol. The highest BCUT2D eigenvalue weighted by Crippen LogP contribution is 2.30. The Labute approximate surface area is 194 Å². The zero-order valence-corrected chi connectivity index (χ0v) is 20.0. The largest absolute Gasteiger partial charge is 0.309 e. The second-order valence-electron chi connectivity index (χ2n) is 7.34. The number of allylic oxidation sites excluding steroid dienone is 1. The van der Waals surface area contributed by atoms with E-state index in [4.69, 9.17) is 4.98 Å². The van der Waals surface area contributed by atoms with E-state index < -0.39 is 0 Å². The molecule has 0 radical (unpaired) electrons. The number of aromatic nitrogens is 2. The molecule has 6 heteroatoms. The van der Waals surface area contributed by atoms with Crippen LogP contribution in [0.4, 0.5) is 5.82 Å². The van der Waals surface area contributed by atoms with Crippen molar-refractivity contribution in [3.63, 3.8) is 0 Å². The van der Waals surface area contributed by atoms with Crippen molar-refractivity contribution < 1.29 is 4.79 Å². The van der Waals surface area contributed by atoms with Crippen molar-refractivity contribution in [2.45, 2.75) is 13.3 Å². The maximum atomic E-state index is 12.9. The first-order valence-electron chi connectivity index (χ1n) is 10.3. The molecule has 1 heterocycles. The predicted molar refractivity (Wildman–Crippen MR) is 140 cm³/mol. The molecule has 0 saturated carbocycles. The van der Waals surface area contributed by atoms with E-state index in [9.17, 15) is 4.79 Å². The lowest BCUT2D eigenvalue weighted by atomic mass is 10.0. The summed E-state index contributed by atoms with van der Waals surface area (Å²) in [7, 11) is 2.68. The van der Waals surface area contributed by atoms with Crippen LogP contribution in [0.1, 0.15) is 18.2 Å². The molecule has 1 aromatic heterocycles. The van der Waals surface area contributed by atoms with Crippen molar-refractivity contribution in [1.29, 1.82) is 0 Å². The minimum Gasteiger partial charge on any atom is -0.309 e. The van der Waals surface area contributed by atoms with Gasteiger partial charge in [-0.25, -0.2) is 9.97 Å². The third-order valence-corrected chi connectivity index (χ3v) is 6.38. The van der Waals surface area contributed by atoms with Gasteiger partial charge in [-0.2, -0.15) is 0 Å². The molecule has 160 valence electrons. The van der Waals surface area contributed by atoms with Gasteiger partial charge in [0.25, 0.3) is 0 Å². The van der Waals surface area contributed by atoms with Gasteiger partial charge < -0.3 is 5.32 Å². The molecular weight excluding hydrogens is 433 g/mol. The molecule has 1 N–H and O–H groups in total. The Kier molecular flexibility index (Phi) is 6.99. The van der Waals surface area contributed by atoms with Crippen LogP contribution in [0.2, 0.25) is 0 Å². The van der Waals surface area contributed by atoms with Crippen molar-refractivity contribution >= 4 is 53.7 Å². The zero-order valence-electron chi connectivity index (χ0n) is 18.0. The minimum atomic E-state index is -0.118. The summed E-state index contributed by atoms with van der Waals surface area (Å²) in [4.78, 5) is 23.2. The fraction of sp³-hybridized carbons (Fsp3) is 0.115. The number of hydrogen-bond donors (Lipinski definition) is 1. The molecule has 0 saturated heterocycles. The molecule has 4 rings (SSSR count). The third kappa shape index (κ3) is 5.07. The summed E-state index contributed by atoms with van der Waals surface area (Å²) in [6, 6.07) is 22.3. The van der Waals surface area contributed by atoms with Gasteiger partial charge in [0.1, 0.15) is 5.69 Å². The van der Waals surface area contributed by atoms with Gasteiger partial charge in [-0.3, -0.25) is 4.79 Å². The van der Waals surface area contributed by atoms with E-state index in [2.05, 4.69) is 37.7 Å². The SMILES string of the molecule is C/C=C(\SC)c1nc(-c2ccc(P)cc2)cnc1NC(=O)Cc1ccc2ccccc2c1. The van der Waals surface area contributed by atoms with Gasteiger partial charge in [-0.15, -0.1) is 21.0 Å². The number of nitrogens with one attached hydrogen (secondary N) is 1. The van der Waals surface area contributed by atoms with Gasteiger partial charge in [0.2, 0.25) is 5.91 Å². The van der Waals surface area contributed by atoms with Crippen LogP contribution in [-0.2, 0) is 11.2 Å². The number of carbonyl (C=O) groups is 1. The first-order valence-corrected chi connectivity index (χ1v) is 12.1. The van der Waals surface area contributed by atoms with Gasteiger partial charge in [0.05, 0.1) is 18.3 Å². The summed E-state index contributed by atoms with van der Waals surface area (Å²) >= 11 is 1.58. The lowest BCUT2D eigenvalue weighted by Gasteiger charge is -2.13. The van der Waals surface area contributed by atoms with Crippen molar-refractivity contribution in [3.8, 4) is 11.3 Å². The number of amides is 1. The maximum Gasteiger partial charge on any atom is 0.230 e. The number of nitrogens with zero attached hydrogens (tertiary/aromatic N) is 2. The van der Waals surface area contributed by atoms with E-state index in [0.717, 1.165) is 37.8 Å². The van der Waals surface area contributed by atoms with Gasteiger partial charge in [0.15, 0.2) is 5.82 Å². The van der Waals surface area contributed by atoms with Crippen LogP contribution >= 0.6 is 21.0 Å². The summed E-state index contributed by atoms with van der Waals surface area (Å²) in [5.74, 6) is 0.358. The summed E-state index contributed by atoms with van der Waals surface area (Å²) in [5.41, 5.74) is 3.39. The molecule has 0 aliphatic heterocycles. The number of fused-ring (bicyclic) bond motifs is 1. The summed E-state index contributed by atoms with van der Waals surface area (Å²) in [6.45, 7) is 1.96. The smallest absolute Gasteiger partial charge is 0.230 e. The normalized spacial score (nSPS) is 11.5. The van der Waals surface area contributed by atoms with Crippen molar-refractivity contribution in [2.24, 2.45) is 0 Å². The van der Waals surface area contributed by atoms with Crippen LogP contribution in [0.3, 0.4) is 0 Å². The van der Waals surface area contributed by atoms with Gasteiger partial charge >= 0.3 is 0 Å². The zero-order chi connectivity index (χ0) is 22.5. The number of thioether (sulfide) groups is 1. The second-order valence-corrected chi connectivity index (χ2v) is 8.85. The van der Waals surface area contributed by atoms with E-state index in [0.29, 0.717) is 11.5 Å². The molecule has 1 amide bonds. The fourth-order valence-corrected chi connectivity index (χ4v) is 4.27. The van der Waals surface area contributed by atoms with Gasteiger partial charge in [-0.1, -0.05) is 72.8 Å². The lowest BCUT2D eigenvalue weighted by molar-refractivity contribution is -0.115.